The highest BCUT2D eigenvalue weighted by molar-refractivity contribution is 7.92. The van der Waals surface area contributed by atoms with Crippen molar-refractivity contribution in [3.8, 4) is 0 Å². The van der Waals surface area contributed by atoms with Crippen LogP contribution in [0.1, 0.15) is 25.3 Å². The van der Waals surface area contributed by atoms with Crippen molar-refractivity contribution in [1.29, 1.82) is 0 Å². The molecule has 8 nitrogen and oxygen atoms in total. The first-order valence-corrected chi connectivity index (χ1v) is 11.2. The van der Waals surface area contributed by atoms with Crippen molar-refractivity contribution in [3.63, 3.8) is 0 Å². The monoisotopic (exact) mass is 414 g/mol. The molecule has 0 saturated carbocycles. The molecule has 152 valence electrons. The zero-order valence-corrected chi connectivity index (χ0v) is 17.1. The lowest BCUT2D eigenvalue weighted by atomic mass is 9.93. The quantitative estimate of drug-likeness (QED) is 0.815. The summed E-state index contributed by atoms with van der Waals surface area (Å²) in [6, 6.07) is 5.25. The number of anilines is 2. The van der Waals surface area contributed by atoms with Crippen molar-refractivity contribution in [2.45, 2.75) is 31.7 Å². The molecule has 0 spiro atoms. The van der Waals surface area contributed by atoms with Crippen molar-refractivity contribution in [1.82, 2.24) is 4.90 Å². The average Bonchev–Trinajstić information content (AvgIpc) is 2.66. The number of hydrogen-bond donors (Lipinski definition) is 1. The minimum absolute atomic E-state index is 0.0546. The van der Waals surface area contributed by atoms with Gasteiger partial charge in [-0.25, -0.2) is 8.42 Å². The average molecular weight is 414 g/mol. The largest absolute Gasteiger partial charge is 0.324 e. The second-order valence-electron chi connectivity index (χ2n) is 7.62. The molecule has 9 heteroatoms. The molecule has 0 bridgehead atoms. The summed E-state index contributed by atoms with van der Waals surface area (Å²) in [6.45, 7) is 2.04. The normalized spacial score (nSPS) is 23.4. The summed E-state index contributed by atoms with van der Waals surface area (Å²) in [5, 5.41) is 2.81. The predicted molar refractivity (Wildman–Crippen MR) is 111 cm³/mol. The zero-order chi connectivity index (χ0) is 20.8. The van der Waals surface area contributed by atoms with E-state index in [1.165, 1.54) is 15.5 Å². The molecule has 3 aliphatic heterocycles. The number of hydrogen-bond acceptors (Lipinski definition) is 5. The summed E-state index contributed by atoms with van der Waals surface area (Å²) >= 11 is 0. The molecule has 1 N–H and O–H groups in total. The summed E-state index contributed by atoms with van der Waals surface area (Å²) in [5.74, 6) is -0.195. The number of allylic oxidation sites excluding steroid dienone is 2. The summed E-state index contributed by atoms with van der Waals surface area (Å²) in [5.41, 5.74) is 0.734. The van der Waals surface area contributed by atoms with Gasteiger partial charge in [-0.15, -0.1) is 0 Å². The molecular formula is C20H22N4O4S. The van der Waals surface area contributed by atoms with Crippen LogP contribution in [-0.4, -0.2) is 49.3 Å². The minimum Gasteiger partial charge on any atom is -0.324 e. The number of sulfonamides is 1. The molecule has 0 aliphatic carbocycles. The van der Waals surface area contributed by atoms with Gasteiger partial charge in [-0.05, 0) is 49.6 Å². The molecule has 4 rings (SSSR count). The molecule has 0 fully saturated rings. The van der Waals surface area contributed by atoms with E-state index in [9.17, 15) is 18.0 Å². The number of nitrogens with one attached hydrogen (secondary N) is 1. The number of aryl methyl sites for hydroxylation is 1. The lowest BCUT2D eigenvalue weighted by molar-refractivity contribution is -0.132. The highest BCUT2D eigenvalue weighted by Crippen LogP contribution is 2.33. The highest BCUT2D eigenvalue weighted by atomic mass is 32.2. The number of aliphatic imine (C=N–C) groups is 1. The van der Waals surface area contributed by atoms with Crippen molar-refractivity contribution in [2.75, 3.05) is 22.4 Å². The number of rotatable bonds is 3. The third kappa shape index (κ3) is 3.57. The van der Waals surface area contributed by atoms with Crippen molar-refractivity contribution >= 4 is 39.0 Å². The maximum atomic E-state index is 13.0. The molecular weight excluding hydrogens is 392 g/mol. The Bertz CT molecular complexity index is 1090. The zero-order valence-electron chi connectivity index (χ0n) is 16.3. The molecule has 1 unspecified atom stereocenters. The van der Waals surface area contributed by atoms with E-state index in [2.05, 4.69) is 10.3 Å². The van der Waals surface area contributed by atoms with Crippen LogP contribution in [0.25, 0.3) is 0 Å². The standard InChI is InChI=1S/C20H22N4O4S/c1-20(13-18(25)23-10-4-3-7-17(23)22-20)19(26)21-15-9-8-14-6-5-11-24(16(14)12-15)29(2,27)28/h3-4,7-10,12H,5-6,11,13H2,1-2H3,(H,21,26). The van der Waals surface area contributed by atoms with Crippen LogP contribution in [0.15, 0.2) is 47.6 Å². The molecule has 2 amide bonds. The van der Waals surface area contributed by atoms with Gasteiger partial charge in [-0.3, -0.25) is 23.8 Å². The molecule has 1 aromatic carbocycles. The molecule has 3 heterocycles. The predicted octanol–water partition coefficient (Wildman–Crippen LogP) is 1.81. The summed E-state index contributed by atoms with van der Waals surface area (Å²) in [4.78, 5) is 31.4. The van der Waals surface area contributed by atoms with Crippen LogP contribution < -0.4 is 9.62 Å². The minimum atomic E-state index is -3.40. The number of carbonyl (C=O) groups is 2. The van der Waals surface area contributed by atoms with E-state index in [4.69, 9.17) is 0 Å². The van der Waals surface area contributed by atoms with Gasteiger partial charge in [0, 0.05) is 18.4 Å². The van der Waals surface area contributed by atoms with Crippen molar-refractivity contribution in [2.24, 2.45) is 4.99 Å². The second kappa shape index (κ2) is 6.84. The third-order valence-electron chi connectivity index (χ3n) is 5.27. The Balaban J connectivity index is 1.62. The van der Waals surface area contributed by atoms with Gasteiger partial charge in [0.25, 0.3) is 5.91 Å². The topological polar surface area (TPSA) is 99.2 Å². The van der Waals surface area contributed by atoms with E-state index in [1.807, 2.05) is 6.07 Å². The van der Waals surface area contributed by atoms with Crippen LogP contribution in [0.5, 0.6) is 0 Å². The fraction of sp³-hybridized carbons (Fsp3) is 0.350. The van der Waals surface area contributed by atoms with Crippen LogP contribution in [0, 0.1) is 0 Å². The van der Waals surface area contributed by atoms with Gasteiger partial charge >= 0.3 is 0 Å². The summed E-state index contributed by atoms with van der Waals surface area (Å²) in [6.07, 6.45) is 9.47. The molecule has 1 atom stereocenters. The Morgan fingerprint density at radius 3 is 2.83 bits per heavy atom. The van der Waals surface area contributed by atoms with E-state index in [-0.39, 0.29) is 12.3 Å². The molecule has 1 aromatic rings. The van der Waals surface area contributed by atoms with E-state index >= 15 is 0 Å². The maximum absolute atomic E-state index is 13.0. The van der Waals surface area contributed by atoms with Gasteiger partial charge in [0.1, 0.15) is 11.4 Å². The lowest BCUT2D eigenvalue weighted by Gasteiger charge is -2.34. The molecule has 0 saturated heterocycles. The second-order valence-corrected chi connectivity index (χ2v) is 9.53. The number of nitrogens with zero attached hydrogens (tertiary/aromatic N) is 3. The van der Waals surface area contributed by atoms with Gasteiger partial charge in [0.2, 0.25) is 15.9 Å². The van der Waals surface area contributed by atoms with E-state index < -0.39 is 21.5 Å². The van der Waals surface area contributed by atoms with Gasteiger partial charge in [-0.1, -0.05) is 12.1 Å². The van der Waals surface area contributed by atoms with Crippen LogP contribution in [0.4, 0.5) is 11.4 Å². The van der Waals surface area contributed by atoms with Gasteiger partial charge in [-0.2, -0.15) is 0 Å². The Hall–Kier alpha value is -2.94. The lowest BCUT2D eigenvalue weighted by Crippen LogP contribution is -2.50. The van der Waals surface area contributed by atoms with E-state index in [1.54, 1.807) is 43.5 Å². The van der Waals surface area contributed by atoms with Crippen LogP contribution in [0.2, 0.25) is 0 Å². The van der Waals surface area contributed by atoms with Gasteiger partial charge < -0.3 is 5.32 Å². The first-order valence-electron chi connectivity index (χ1n) is 9.36. The molecule has 0 aromatic heterocycles. The summed E-state index contributed by atoms with van der Waals surface area (Å²) in [7, 11) is -3.40. The van der Waals surface area contributed by atoms with E-state index in [0.29, 0.717) is 23.8 Å². The molecule has 0 radical (unpaired) electrons. The molecule has 29 heavy (non-hydrogen) atoms. The van der Waals surface area contributed by atoms with Gasteiger partial charge in [0.15, 0.2) is 0 Å². The first kappa shape index (κ1) is 19.4. The van der Waals surface area contributed by atoms with E-state index in [0.717, 1.165) is 18.4 Å². The Kier molecular flexibility index (Phi) is 4.57. The fourth-order valence-corrected chi connectivity index (χ4v) is 4.76. The van der Waals surface area contributed by atoms with Crippen molar-refractivity contribution in [3.05, 3.63) is 48.2 Å². The highest BCUT2D eigenvalue weighted by Gasteiger charge is 2.42. The Labute approximate surface area is 169 Å². The number of amidine groups is 1. The van der Waals surface area contributed by atoms with Crippen LogP contribution in [0.3, 0.4) is 0 Å². The first-order chi connectivity index (χ1) is 13.7. The van der Waals surface area contributed by atoms with Gasteiger partial charge in [0.05, 0.1) is 18.4 Å². The summed E-state index contributed by atoms with van der Waals surface area (Å²) < 4.78 is 25.6. The Morgan fingerprint density at radius 1 is 1.28 bits per heavy atom. The third-order valence-corrected chi connectivity index (χ3v) is 6.45. The van der Waals surface area contributed by atoms with Crippen LogP contribution >= 0.6 is 0 Å². The number of benzene rings is 1. The number of carbonyl (C=O) groups excluding carboxylic acids is 2. The SMILES string of the molecule is CC1(C(=O)Nc2ccc3c(c2)N(S(C)(=O)=O)CCC3)CC(=O)N2C=CC=CC2=N1. The Morgan fingerprint density at radius 2 is 2.07 bits per heavy atom. The number of amides is 2. The maximum Gasteiger partial charge on any atom is 0.252 e. The number of fused-ring (bicyclic) bond motifs is 2. The fourth-order valence-electron chi connectivity index (χ4n) is 3.77. The van der Waals surface area contributed by atoms with Crippen LogP contribution in [-0.2, 0) is 26.0 Å². The smallest absolute Gasteiger partial charge is 0.252 e. The molecule has 3 aliphatic rings. The van der Waals surface area contributed by atoms with Crippen molar-refractivity contribution < 1.29 is 18.0 Å².